The average Bonchev–Trinajstić information content (AvgIpc) is 3.10. The zero-order chi connectivity index (χ0) is 16.4. The molecule has 1 aromatic heterocycles. The molecule has 2 heterocycles. The third-order valence-electron chi connectivity index (χ3n) is 4.38. The maximum Gasteiger partial charge on any atom is 0.254 e. The van der Waals surface area contributed by atoms with Gasteiger partial charge in [0.15, 0.2) is 0 Å². The van der Waals surface area contributed by atoms with Gasteiger partial charge in [0, 0.05) is 12.1 Å². The molecular formula is C19H19N3O2. The van der Waals surface area contributed by atoms with Crippen LogP contribution in [0.2, 0.25) is 0 Å². The topological polar surface area (TPSA) is 58.2 Å². The van der Waals surface area contributed by atoms with Crippen molar-refractivity contribution in [3.05, 3.63) is 60.4 Å². The predicted molar refractivity (Wildman–Crippen MR) is 92.1 cm³/mol. The number of carbonyl (C=O) groups is 1. The van der Waals surface area contributed by atoms with Gasteiger partial charge in [0.05, 0.1) is 23.9 Å². The van der Waals surface area contributed by atoms with Gasteiger partial charge in [0.2, 0.25) is 0 Å². The number of benzene rings is 2. The van der Waals surface area contributed by atoms with Crippen molar-refractivity contribution >= 4 is 16.9 Å². The SMILES string of the molecule is O=C(c1ccc2nc[nH]c2c1)N1CCCC(Oc2ccccc2)C1. The van der Waals surface area contributed by atoms with E-state index in [0.29, 0.717) is 12.1 Å². The third-order valence-corrected chi connectivity index (χ3v) is 4.38. The van der Waals surface area contributed by atoms with Crippen LogP contribution in [-0.4, -0.2) is 40.0 Å². The van der Waals surface area contributed by atoms with E-state index in [9.17, 15) is 4.79 Å². The molecule has 1 saturated heterocycles. The van der Waals surface area contributed by atoms with E-state index < -0.39 is 0 Å². The number of rotatable bonds is 3. The van der Waals surface area contributed by atoms with E-state index in [1.54, 1.807) is 6.33 Å². The molecule has 0 aliphatic carbocycles. The van der Waals surface area contributed by atoms with Crippen LogP contribution in [0.1, 0.15) is 23.2 Å². The van der Waals surface area contributed by atoms with E-state index in [-0.39, 0.29) is 12.0 Å². The number of imidazole rings is 1. The van der Waals surface area contributed by atoms with Crippen molar-refractivity contribution in [2.45, 2.75) is 18.9 Å². The van der Waals surface area contributed by atoms with Crippen LogP contribution in [0.25, 0.3) is 11.0 Å². The molecule has 3 aromatic rings. The number of ether oxygens (including phenoxy) is 1. The van der Waals surface area contributed by atoms with E-state index in [1.165, 1.54) is 0 Å². The van der Waals surface area contributed by atoms with Crippen molar-refractivity contribution in [3.8, 4) is 5.75 Å². The van der Waals surface area contributed by atoms with Crippen LogP contribution in [0.5, 0.6) is 5.75 Å². The van der Waals surface area contributed by atoms with Gasteiger partial charge in [0.1, 0.15) is 11.9 Å². The van der Waals surface area contributed by atoms with Gasteiger partial charge in [0.25, 0.3) is 5.91 Å². The minimum atomic E-state index is 0.0426. The normalized spacial score (nSPS) is 17.8. The number of carbonyl (C=O) groups excluding carboxylic acids is 1. The van der Waals surface area contributed by atoms with Crippen molar-refractivity contribution in [1.82, 2.24) is 14.9 Å². The Hall–Kier alpha value is -2.82. The number of amides is 1. The van der Waals surface area contributed by atoms with Crippen molar-refractivity contribution < 1.29 is 9.53 Å². The Balaban J connectivity index is 1.47. The lowest BCUT2D eigenvalue weighted by Crippen LogP contribution is -2.44. The lowest BCUT2D eigenvalue weighted by atomic mass is 10.1. The fourth-order valence-corrected chi connectivity index (χ4v) is 3.16. The van der Waals surface area contributed by atoms with Crippen molar-refractivity contribution in [3.63, 3.8) is 0 Å². The molecule has 122 valence electrons. The zero-order valence-electron chi connectivity index (χ0n) is 13.3. The summed E-state index contributed by atoms with van der Waals surface area (Å²) in [5.74, 6) is 0.906. The second-order valence-corrected chi connectivity index (χ2v) is 6.08. The molecule has 0 saturated carbocycles. The number of aromatic nitrogens is 2. The summed E-state index contributed by atoms with van der Waals surface area (Å²) >= 11 is 0. The summed E-state index contributed by atoms with van der Waals surface area (Å²) in [7, 11) is 0. The number of para-hydroxylation sites is 1. The number of likely N-dealkylation sites (tertiary alicyclic amines) is 1. The monoisotopic (exact) mass is 321 g/mol. The molecule has 5 nitrogen and oxygen atoms in total. The molecule has 0 spiro atoms. The van der Waals surface area contributed by atoms with Gasteiger partial charge in [-0.1, -0.05) is 18.2 Å². The number of nitrogens with zero attached hydrogens (tertiary/aromatic N) is 2. The van der Waals surface area contributed by atoms with E-state index in [1.807, 2.05) is 53.4 Å². The largest absolute Gasteiger partial charge is 0.489 e. The molecule has 0 bridgehead atoms. The molecule has 2 aromatic carbocycles. The molecule has 0 radical (unpaired) electrons. The summed E-state index contributed by atoms with van der Waals surface area (Å²) in [5.41, 5.74) is 2.44. The fourth-order valence-electron chi connectivity index (χ4n) is 3.16. The smallest absolute Gasteiger partial charge is 0.254 e. The number of piperidine rings is 1. The predicted octanol–water partition coefficient (Wildman–Crippen LogP) is 3.25. The van der Waals surface area contributed by atoms with E-state index >= 15 is 0 Å². The molecule has 24 heavy (non-hydrogen) atoms. The molecule has 1 aliphatic heterocycles. The quantitative estimate of drug-likeness (QED) is 0.805. The maximum absolute atomic E-state index is 12.8. The molecule has 1 fully saturated rings. The Morgan fingerprint density at radius 3 is 2.96 bits per heavy atom. The molecule has 1 atom stereocenters. The Bertz CT molecular complexity index is 844. The van der Waals surface area contributed by atoms with Crippen molar-refractivity contribution in [1.29, 1.82) is 0 Å². The second kappa shape index (κ2) is 6.35. The Morgan fingerprint density at radius 2 is 2.08 bits per heavy atom. The highest BCUT2D eigenvalue weighted by atomic mass is 16.5. The molecule has 1 aliphatic rings. The highest BCUT2D eigenvalue weighted by Crippen LogP contribution is 2.20. The van der Waals surface area contributed by atoms with Crippen molar-refractivity contribution in [2.75, 3.05) is 13.1 Å². The Kier molecular flexibility index (Phi) is 3.91. The van der Waals surface area contributed by atoms with Crippen LogP contribution in [-0.2, 0) is 0 Å². The van der Waals surface area contributed by atoms with Crippen molar-refractivity contribution in [2.24, 2.45) is 0 Å². The van der Waals surface area contributed by atoms with E-state index in [2.05, 4.69) is 9.97 Å². The standard InChI is InChI=1S/C19H19N3O2/c23-19(14-8-9-17-18(11-14)21-13-20-17)22-10-4-7-16(12-22)24-15-5-2-1-3-6-15/h1-3,5-6,8-9,11,13,16H,4,7,10,12H2,(H,20,21). The molecule has 4 rings (SSSR count). The highest BCUT2D eigenvalue weighted by molar-refractivity contribution is 5.97. The summed E-state index contributed by atoms with van der Waals surface area (Å²) in [4.78, 5) is 21.9. The Morgan fingerprint density at radius 1 is 1.21 bits per heavy atom. The minimum absolute atomic E-state index is 0.0426. The van der Waals surface area contributed by atoms with Gasteiger partial charge < -0.3 is 14.6 Å². The fraction of sp³-hybridized carbons (Fsp3) is 0.263. The lowest BCUT2D eigenvalue weighted by molar-refractivity contribution is 0.0538. The number of nitrogens with one attached hydrogen (secondary N) is 1. The first kappa shape index (κ1) is 14.8. The van der Waals surface area contributed by atoms with Crippen LogP contribution in [0.4, 0.5) is 0 Å². The third kappa shape index (κ3) is 2.97. The zero-order valence-corrected chi connectivity index (χ0v) is 13.3. The van der Waals surface area contributed by atoms with Crippen LogP contribution < -0.4 is 4.74 Å². The lowest BCUT2D eigenvalue weighted by Gasteiger charge is -2.33. The van der Waals surface area contributed by atoms with Crippen LogP contribution in [0.15, 0.2) is 54.9 Å². The first-order valence-corrected chi connectivity index (χ1v) is 8.24. The van der Waals surface area contributed by atoms with Gasteiger partial charge in [-0.25, -0.2) is 4.98 Å². The van der Waals surface area contributed by atoms with Gasteiger partial charge in [-0.2, -0.15) is 0 Å². The highest BCUT2D eigenvalue weighted by Gasteiger charge is 2.25. The summed E-state index contributed by atoms with van der Waals surface area (Å²) in [6.45, 7) is 1.39. The molecule has 1 unspecified atom stereocenters. The molecule has 5 heteroatoms. The maximum atomic E-state index is 12.8. The van der Waals surface area contributed by atoms with Gasteiger partial charge in [-0.05, 0) is 43.2 Å². The number of H-pyrrole nitrogens is 1. The van der Waals surface area contributed by atoms with E-state index in [0.717, 1.165) is 36.2 Å². The van der Waals surface area contributed by atoms with Gasteiger partial charge in [-0.3, -0.25) is 4.79 Å². The summed E-state index contributed by atoms with van der Waals surface area (Å²) in [5, 5.41) is 0. The minimum Gasteiger partial charge on any atom is -0.489 e. The average molecular weight is 321 g/mol. The summed E-state index contributed by atoms with van der Waals surface area (Å²) in [6, 6.07) is 15.4. The number of aromatic amines is 1. The summed E-state index contributed by atoms with van der Waals surface area (Å²) in [6.07, 6.45) is 3.61. The number of hydrogen-bond acceptors (Lipinski definition) is 3. The Labute approximate surface area is 140 Å². The summed E-state index contributed by atoms with van der Waals surface area (Å²) < 4.78 is 6.02. The van der Waals surface area contributed by atoms with Gasteiger partial charge in [-0.15, -0.1) is 0 Å². The molecule has 1 amide bonds. The van der Waals surface area contributed by atoms with Crippen LogP contribution >= 0.6 is 0 Å². The first-order chi connectivity index (χ1) is 11.8. The second-order valence-electron chi connectivity index (χ2n) is 6.08. The van der Waals surface area contributed by atoms with E-state index in [4.69, 9.17) is 4.74 Å². The first-order valence-electron chi connectivity index (χ1n) is 8.24. The number of hydrogen-bond donors (Lipinski definition) is 1. The van der Waals surface area contributed by atoms with Crippen LogP contribution in [0.3, 0.4) is 0 Å². The van der Waals surface area contributed by atoms with Crippen LogP contribution in [0, 0.1) is 0 Å². The number of fused-ring (bicyclic) bond motifs is 1. The van der Waals surface area contributed by atoms with Gasteiger partial charge >= 0.3 is 0 Å². The molecule has 1 N–H and O–H groups in total. The molecular weight excluding hydrogens is 302 g/mol.